The van der Waals surface area contributed by atoms with E-state index in [0.717, 1.165) is 18.6 Å². The van der Waals surface area contributed by atoms with Crippen molar-refractivity contribution >= 4 is 5.91 Å². The SMILES string of the molecule is O=C(c1ccc(F)cc1)N1CCC(Oc2ccccc2)CC1. The highest BCUT2D eigenvalue weighted by molar-refractivity contribution is 5.94. The number of carbonyl (C=O) groups excluding carboxylic acids is 1. The van der Waals surface area contributed by atoms with Crippen molar-refractivity contribution in [1.29, 1.82) is 0 Å². The van der Waals surface area contributed by atoms with Gasteiger partial charge in [-0.15, -0.1) is 0 Å². The molecule has 0 spiro atoms. The molecule has 3 rings (SSSR count). The van der Waals surface area contributed by atoms with E-state index in [2.05, 4.69) is 0 Å². The molecule has 114 valence electrons. The molecular formula is C18H18FNO2. The lowest BCUT2D eigenvalue weighted by Crippen LogP contribution is -2.41. The zero-order valence-electron chi connectivity index (χ0n) is 12.2. The summed E-state index contributed by atoms with van der Waals surface area (Å²) in [5.41, 5.74) is 0.531. The minimum Gasteiger partial charge on any atom is -0.490 e. The van der Waals surface area contributed by atoms with Gasteiger partial charge in [0.25, 0.3) is 5.91 Å². The van der Waals surface area contributed by atoms with Crippen LogP contribution >= 0.6 is 0 Å². The zero-order chi connectivity index (χ0) is 15.4. The minimum absolute atomic E-state index is 0.0434. The fraction of sp³-hybridized carbons (Fsp3) is 0.278. The summed E-state index contributed by atoms with van der Waals surface area (Å²) in [6.07, 6.45) is 1.75. The molecule has 0 aromatic heterocycles. The maximum Gasteiger partial charge on any atom is 0.253 e. The fourth-order valence-corrected chi connectivity index (χ4v) is 2.64. The molecule has 0 aliphatic carbocycles. The van der Waals surface area contributed by atoms with E-state index in [0.29, 0.717) is 18.7 Å². The van der Waals surface area contributed by atoms with Gasteiger partial charge in [-0.05, 0) is 36.4 Å². The molecule has 0 saturated carbocycles. The van der Waals surface area contributed by atoms with E-state index >= 15 is 0 Å². The van der Waals surface area contributed by atoms with Crippen molar-refractivity contribution in [3.63, 3.8) is 0 Å². The lowest BCUT2D eigenvalue weighted by molar-refractivity contribution is 0.0595. The van der Waals surface area contributed by atoms with Crippen LogP contribution in [0.4, 0.5) is 4.39 Å². The highest BCUT2D eigenvalue weighted by Crippen LogP contribution is 2.20. The molecular weight excluding hydrogens is 281 g/mol. The Kier molecular flexibility index (Phi) is 4.37. The van der Waals surface area contributed by atoms with Crippen LogP contribution < -0.4 is 4.74 Å². The number of rotatable bonds is 3. The number of ether oxygens (including phenoxy) is 1. The van der Waals surface area contributed by atoms with Crippen LogP contribution in [-0.4, -0.2) is 30.0 Å². The first-order valence-electron chi connectivity index (χ1n) is 7.49. The normalized spacial score (nSPS) is 15.6. The first-order chi connectivity index (χ1) is 10.7. The molecule has 1 aliphatic heterocycles. The molecule has 0 unspecified atom stereocenters. The number of likely N-dealkylation sites (tertiary alicyclic amines) is 1. The molecule has 1 saturated heterocycles. The Morgan fingerprint density at radius 2 is 1.64 bits per heavy atom. The number of nitrogens with zero attached hydrogens (tertiary/aromatic N) is 1. The molecule has 2 aromatic rings. The average molecular weight is 299 g/mol. The standard InChI is InChI=1S/C18H18FNO2/c19-15-8-6-14(7-9-15)18(21)20-12-10-17(11-13-20)22-16-4-2-1-3-5-16/h1-9,17H,10-13H2. The van der Waals surface area contributed by atoms with Crippen molar-refractivity contribution in [2.75, 3.05) is 13.1 Å². The fourth-order valence-electron chi connectivity index (χ4n) is 2.64. The minimum atomic E-state index is -0.327. The van der Waals surface area contributed by atoms with Crippen LogP contribution in [0.3, 0.4) is 0 Å². The molecule has 0 radical (unpaired) electrons. The van der Waals surface area contributed by atoms with Gasteiger partial charge >= 0.3 is 0 Å². The monoisotopic (exact) mass is 299 g/mol. The van der Waals surface area contributed by atoms with E-state index in [1.165, 1.54) is 24.3 Å². The second-order valence-electron chi connectivity index (χ2n) is 5.43. The second-order valence-corrected chi connectivity index (χ2v) is 5.43. The number of carbonyl (C=O) groups is 1. The Hall–Kier alpha value is -2.36. The number of halogens is 1. The van der Waals surface area contributed by atoms with E-state index in [4.69, 9.17) is 4.74 Å². The van der Waals surface area contributed by atoms with Gasteiger partial charge in [0, 0.05) is 31.5 Å². The molecule has 0 N–H and O–H groups in total. The summed E-state index contributed by atoms with van der Waals surface area (Å²) in [6, 6.07) is 15.4. The highest BCUT2D eigenvalue weighted by Gasteiger charge is 2.24. The Balaban J connectivity index is 1.55. The first-order valence-corrected chi connectivity index (χ1v) is 7.49. The largest absolute Gasteiger partial charge is 0.490 e. The molecule has 0 atom stereocenters. The molecule has 0 bridgehead atoms. The van der Waals surface area contributed by atoms with Crippen molar-refractivity contribution in [2.24, 2.45) is 0 Å². The van der Waals surface area contributed by atoms with Gasteiger partial charge in [0.1, 0.15) is 17.7 Å². The van der Waals surface area contributed by atoms with Gasteiger partial charge in [-0.3, -0.25) is 4.79 Å². The highest BCUT2D eigenvalue weighted by atomic mass is 19.1. The van der Waals surface area contributed by atoms with Crippen LogP contribution in [0.25, 0.3) is 0 Å². The van der Waals surface area contributed by atoms with E-state index in [-0.39, 0.29) is 17.8 Å². The Morgan fingerprint density at radius 3 is 2.27 bits per heavy atom. The predicted octanol–water partition coefficient (Wildman–Crippen LogP) is 3.51. The lowest BCUT2D eigenvalue weighted by Gasteiger charge is -2.32. The van der Waals surface area contributed by atoms with Crippen molar-refractivity contribution in [3.05, 3.63) is 66.0 Å². The summed E-state index contributed by atoms with van der Waals surface area (Å²) in [5, 5.41) is 0. The summed E-state index contributed by atoms with van der Waals surface area (Å²) in [5.74, 6) is 0.496. The summed E-state index contributed by atoms with van der Waals surface area (Å²) in [7, 11) is 0. The quantitative estimate of drug-likeness (QED) is 0.868. The van der Waals surface area contributed by atoms with Crippen molar-refractivity contribution in [1.82, 2.24) is 4.90 Å². The summed E-state index contributed by atoms with van der Waals surface area (Å²) in [6.45, 7) is 1.32. The smallest absolute Gasteiger partial charge is 0.253 e. The summed E-state index contributed by atoms with van der Waals surface area (Å²) in [4.78, 5) is 14.1. The number of hydrogen-bond acceptors (Lipinski definition) is 2. The van der Waals surface area contributed by atoms with Crippen molar-refractivity contribution in [2.45, 2.75) is 18.9 Å². The molecule has 1 amide bonds. The molecule has 1 fully saturated rings. The number of piperidine rings is 1. The third-order valence-corrected chi connectivity index (χ3v) is 3.87. The van der Waals surface area contributed by atoms with Crippen LogP contribution in [0.5, 0.6) is 5.75 Å². The maximum absolute atomic E-state index is 12.9. The van der Waals surface area contributed by atoms with E-state index in [1.54, 1.807) is 4.90 Å². The van der Waals surface area contributed by atoms with E-state index < -0.39 is 0 Å². The Bertz CT molecular complexity index is 619. The van der Waals surface area contributed by atoms with Crippen LogP contribution in [0, 0.1) is 5.82 Å². The molecule has 1 heterocycles. The molecule has 22 heavy (non-hydrogen) atoms. The van der Waals surface area contributed by atoms with E-state index in [9.17, 15) is 9.18 Å². The lowest BCUT2D eigenvalue weighted by atomic mass is 10.1. The Labute approximate surface area is 129 Å². The predicted molar refractivity (Wildman–Crippen MR) is 82.4 cm³/mol. The van der Waals surface area contributed by atoms with Crippen LogP contribution in [0.1, 0.15) is 23.2 Å². The summed E-state index contributed by atoms with van der Waals surface area (Å²) >= 11 is 0. The maximum atomic E-state index is 12.9. The molecule has 2 aromatic carbocycles. The first kappa shape index (κ1) is 14.6. The number of amides is 1. The van der Waals surface area contributed by atoms with Gasteiger partial charge in [0.05, 0.1) is 0 Å². The topological polar surface area (TPSA) is 29.5 Å². The Morgan fingerprint density at radius 1 is 1.00 bits per heavy atom. The summed E-state index contributed by atoms with van der Waals surface area (Å²) < 4.78 is 18.8. The molecule has 3 nitrogen and oxygen atoms in total. The molecule has 1 aliphatic rings. The van der Waals surface area contributed by atoms with Gasteiger partial charge in [-0.2, -0.15) is 0 Å². The second kappa shape index (κ2) is 6.60. The van der Waals surface area contributed by atoms with Gasteiger partial charge in [-0.1, -0.05) is 18.2 Å². The van der Waals surface area contributed by atoms with Gasteiger partial charge < -0.3 is 9.64 Å². The van der Waals surface area contributed by atoms with Crippen LogP contribution in [0.15, 0.2) is 54.6 Å². The van der Waals surface area contributed by atoms with Crippen molar-refractivity contribution in [3.8, 4) is 5.75 Å². The van der Waals surface area contributed by atoms with Crippen LogP contribution in [0.2, 0.25) is 0 Å². The third-order valence-electron chi connectivity index (χ3n) is 3.87. The third kappa shape index (κ3) is 3.45. The number of hydrogen-bond donors (Lipinski definition) is 0. The van der Waals surface area contributed by atoms with Gasteiger partial charge in [0.2, 0.25) is 0 Å². The molecule has 4 heteroatoms. The van der Waals surface area contributed by atoms with E-state index in [1.807, 2.05) is 30.3 Å². The van der Waals surface area contributed by atoms with Gasteiger partial charge in [0.15, 0.2) is 0 Å². The number of para-hydroxylation sites is 1. The number of benzene rings is 2. The van der Waals surface area contributed by atoms with Crippen LogP contribution in [-0.2, 0) is 0 Å². The van der Waals surface area contributed by atoms with Crippen molar-refractivity contribution < 1.29 is 13.9 Å². The zero-order valence-corrected chi connectivity index (χ0v) is 12.2. The van der Waals surface area contributed by atoms with Gasteiger partial charge in [-0.25, -0.2) is 4.39 Å². The average Bonchev–Trinajstić information content (AvgIpc) is 2.57.